The zero-order valence-corrected chi connectivity index (χ0v) is 8.58. The highest BCUT2D eigenvalue weighted by Gasteiger charge is 2.13. The molecule has 1 rings (SSSR count). The molecule has 1 aromatic rings. The Balaban J connectivity index is 2.91. The molecule has 6 nitrogen and oxygen atoms in total. The Morgan fingerprint density at radius 1 is 1.57 bits per heavy atom. The third-order valence-electron chi connectivity index (χ3n) is 1.37. The molecule has 0 aromatic carbocycles. The molecule has 0 aliphatic heterocycles. The van der Waals surface area contributed by atoms with E-state index < -0.39 is 15.9 Å². The van der Waals surface area contributed by atoms with E-state index in [9.17, 15) is 13.2 Å². The van der Waals surface area contributed by atoms with Crippen molar-refractivity contribution in [1.29, 1.82) is 0 Å². The van der Waals surface area contributed by atoms with Crippen molar-refractivity contribution in [3.8, 4) is 0 Å². The molecule has 0 aliphatic carbocycles. The van der Waals surface area contributed by atoms with Crippen LogP contribution in [-0.4, -0.2) is 25.7 Å². The summed E-state index contributed by atoms with van der Waals surface area (Å²) in [6.45, 7) is 0. The van der Waals surface area contributed by atoms with E-state index in [2.05, 4.69) is 5.10 Å². The second-order valence-corrected chi connectivity index (χ2v) is 4.54. The van der Waals surface area contributed by atoms with Crippen LogP contribution in [0.4, 0.5) is 0 Å². The van der Waals surface area contributed by atoms with Crippen molar-refractivity contribution in [2.45, 2.75) is 0 Å². The Hall–Kier alpha value is -1.50. The highest BCUT2D eigenvalue weighted by atomic mass is 32.2. The summed E-state index contributed by atoms with van der Waals surface area (Å²) >= 11 is 0. The first-order valence-electron chi connectivity index (χ1n) is 3.72. The van der Waals surface area contributed by atoms with Crippen LogP contribution in [0.25, 0.3) is 0 Å². The summed E-state index contributed by atoms with van der Waals surface area (Å²) in [5.41, 5.74) is 0.243. The number of aromatic nitrogens is 2. The Kier molecular flexibility index (Phi) is 2.80. The number of carbonyl (C=O) groups is 1. The highest BCUT2D eigenvalue weighted by Crippen LogP contribution is 1.93. The molecule has 14 heavy (non-hydrogen) atoms. The quantitative estimate of drug-likeness (QED) is 0.616. The maximum atomic E-state index is 11.3. The SMILES string of the molecule is C[n+]1cc(C(=O)NS(C)(=O)=O)ccn1. The lowest BCUT2D eigenvalue weighted by molar-refractivity contribution is -0.731. The first kappa shape index (κ1) is 10.6. The van der Waals surface area contributed by atoms with Gasteiger partial charge in [0.25, 0.3) is 5.91 Å². The average Bonchev–Trinajstić information content (AvgIpc) is 2.01. The number of rotatable bonds is 2. The van der Waals surface area contributed by atoms with E-state index in [1.165, 1.54) is 23.1 Å². The second kappa shape index (κ2) is 3.70. The van der Waals surface area contributed by atoms with Crippen molar-refractivity contribution in [3.05, 3.63) is 24.0 Å². The maximum absolute atomic E-state index is 11.3. The van der Waals surface area contributed by atoms with Crippen molar-refractivity contribution in [2.75, 3.05) is 6.26 Å². The lowest BCUT2D eigenvalue weighted by Crippen LogP contribution is -2.36. The fourth-order valence-corrected chi connectivity index (χ4v) is 1.31. The topological polar surface area (TPSA) is 80.0 Å². The van der Waals surface area contributed by atoms with Gasteiger partial charge in [-0.2, -0.15) is 0 Å². The van der Waals surface area contributed by atoms with Gasteiger partial charge in [0.2, 0.25) is 16.2 Å². The van der Waals surface area contributed by atoms with Gasteiger partial charge in [0.1, 0.15) is 5.56 Å². The molecule has 0 unspecified atom stereocenters. The molecule has 76 valence electrons. The maximum Gasteiger partial charge on any atom is 0.270 e. The summed E-state index contributed by atoms with van der Waals surface area (Å²) in [6.07, 6.45) is 3.77. The molecule has 0 saturated carbocycles. The van der Waals surface area contributed by atoms with Gasteiger partial charge in [-0.15, -0.1) is 0 Å². The lowest BCUT2D eigenvalue weighted by atomic mass is 10.3. The van der Waals surface area contributed by atoms with Gasteiger partial charge in [0, 0.05) is 0 Å². The van der Waals surface area contributed by atoms with Crippen LogP contribution in [-0.2, 0) is 17.1 Å². The summed E-state index contributed by atoms with van der Waals surface area (Å²) in [6, 6.07) is 1.43. The van der Waals surface area contributed by atoms with Crippen molar-refractivity contribution < 1.29 is 17.9 Å². The van der Waals surface area contributed by atoms with Gasteiger partial charge >= 0.3 is 0 Å². The Bertz CT molecular complexity index is 455. The molecule has 1 amide bonds. The van der Waals surface area contributed by atoms with E-state index in [0.29, 0.717) is 0 Å². The van der Waals surface area contributed by atoms with Crippen molar-refractivity contribution in [2.24, 2.45) is 7.05 Å². The van der Waals surface area contributed by atoms with E-state index in [-0.39, 0.29) is 5.56 Å². The summed E-state index contributed by atoms with van der Waals surface area (Å²) in [4.78, 5) is 11.3. The molecule has 0 saturated heterocycles. The average molecular weight is 216 g/mol. The van der Waals surface area contributed by atoms with Crippen LogP contribution < -0.4 is 9.40 Å². The largest absolute Gasteiger partial charge is 0.270 e. The van der Waals surface area contributed by atoms with Gasteiger partial charge in [-0.05, 0) is 11.2 Å². The van der Waals surface area contributed by atoms with Crippen LogP contribution in [0.5, 0.6) is 0 Å². The second-order valence-electron chi connectivity index (χ2n) is 2.79. The smallest absolute Gasteiger partial charge is 0.268 e. The summed E-state index contributed by atoms with van der Waals surface area (Å²) in [5.74, 6) is -0.662. The molecular weight excluding hydrogens is 206 g/mol. The van der Waals surface area contributed by atoms with Crippen molar-refractivity contribution in [3.63, 3.8) is 0 Å². The molecular formula is C7H10N3O3S+. The number of carbonyl (C=O) groups excluding carboxylic acids is 1. The molecule has 0 bridgehead atoms. The normalized spacial score (nSPS) is 11.0. The van der Waals surface area contributed by atoms with Crippen LogP contribution in [0, 0.1) is 0 Å². The van der Waals surface area contributed by atoms with Crippen molar-refractivity contribution >= 4 is 15.9 Å². The zero-order chi connectivity index (χ0) is 10.8. The van der Waals surface area contributed by atoms with Gasteiger partial charge in [0.05, 0.1) is 12.5 Å². The van der Waals surface area contributed by atoms with E-state index in [1.54, 1.807) is 7.05 Å². The first-order chi connectivity index (χ1) is 6.38. The van der Waals surface area contributed by atoms with Crippen molar-refractivity contribution in [1.82, 2.24) is 9.82 Å². The molecule has 0 atom stereocenters. The zero-order valence-electron chi connectivity index (χ0n) is 7.76. The fraction of sp³-hybridized carbons (Fsp3) is 0.286. The van der Waals surface area contributed by atoms with Crippen LogP contribution in [0.15, 0.2) is 18.5 Å². The predicted octanol–water partition coefficient (Wildman–Crippen LogP) is -1.40. The highest BCUT2D eigenvalue weighted by molar-refractivity contribution is 7.89. The molecule has 0 spiro atoms. The summed E-state index contributed by atoms with van der Waals surface area (Å²) < 4.78 is 24.8. The van der Waals surface area contributed by atoms with E-state index in [1.807, 2.05) is 4.72 Å². The molecule has 1 aromatic heterocycles. The minimum Gasteiger partial charge on any atom is -0.268 e. The molecule has 1 N–H and O–H groups in total. The van der Waals surface area contributed by atoms with Crippen LogP contribution in [0.3, 0.4) is 0 Å². The van der Waals surface area contributed by atoms with Gasteiger partial charge in [-0.1, -0.05) is 4.68 Å². The molecule has 1 heterocycles. The minimum atomic E-state index is -3.51. The molecule has 0 fully saturated rings. The monoisotopic (exact) mass is 216 g/mol. The van der Waals surface area contributed by atoms with Crippen LogP contribution in [0.1, 0.15) is 10.4 Å². The van der Waals surface area contributed by atoms with Gasteiger partial charge in [-0.3, -0.25) is 4.79 Å². The number of sulfonamides is 1. The summed E-state index contributed by atoms with van der Waals surface area (Å²) in [5, 5.41) is 3.81. The molecule has 0 aliphatic rings. The summed E-state index contributed by atoms with van der Waals surface area (Å²) in [7, 11) is -1.88. The number of amides is 1. The molecule has 7 heteroatoms. The van der Waals surface area contributed by atoms with E-state index in [4.69, 9.17) is 0 Å². The Morgan fingerprint density at radius 2 is 2.21 bits per heavy atom. The number of aryl methyl sites for hydroxylation is 1. The first-order valence-corrected chi connectivity index (χ1v) is 5.62. The predicted molar refractivity (Wildman–Crippen MR) is 47.7 cm³/mol. The van der Waals surface area contributed by atoms with E-state index in [0.717, 1.165) is 6.26 Å². The Morgan fingerprint density at radius 3 is 2.71 bits per heavy atom. The number of nitrogens with zero attached hydrogens (tertiary/aromatic N) is 2. The van der Waals surface area contributed by atoms with Gasteiger partial charge < -0.3 is 0 Å². The third kappa shape index (κ3) is 3.09. The van der Waals surface area contributed by atoms with Crippen LogP contribution >= 0.6 is 0 Å². The van der Waals surface area contributed by atoms with Gasteiger partial charge in [0.15, 0.2) is 7.05 Å². The number of nitrogens with one attached hydrogen (secondary N) is 1. The van der Waals surface area contributed by atoms with Gasteiger partial charge in [-0.25, -0.2) is 13.1 Å². The third-order valence-corrected chi connectivity index (χ3v) is 1.93. The lowest BCUT2D eigenvalue weighted by Gasteiger charge is -1.99. The van der Waals surface area contributed by atoms with E-state index >= 15 is 0 Å². The standard InChI is InChI=1S/C7H9N3O3S/c1-10-5-6(3-4-8-10)7(11)9-14(2,12)13/h3-5H,1-2H3/p+1. The number of hydrogen-bond donors (Lipinski definition) is 1. The van der Waals surface area contributed by atoms with Crippen LogP contribution in [0.2, 0.25) is 0 Å². The fourth-order valence-electron chi connectivity index (χ4n) is 0.858. The number of hydrogen-bond acceptors (Lipinski definition) is 4. The Labute approximate surface area is 81.6 Å². The molecule has 0 radical (unpaired) electrons. The minimum absolute atomic E-state index is 0.243.